The summed E-state index contributed by atoms with van der Waals surface area (Å²) in [5.74, 6) is -0.304. The molecule has 1 aromatic heterocycles. The number of anilines is 1. The maximum Gasteiger partial charge on any atom is 0.273 e. The number of nitrogens with one attached hydrogen (secondary N) is 1. The maximum atomic E-state index is 12.2. The molecule has 1 N–H and O–H groups in total. The lowest BCUT2D eigenvalue weighted by Crippen LogP contribution is -2.47. The molecule has 0 radical (unpaired) electrons. The molecule has 98 valence electrons. The van der Waals surface area contributed by atoms with E-state index in [-0.39, 0.29) is 17.9 Å². The van der Waals surface area contributed by atoms with Crippen LogP contribution in [0.4, 0.5) is 5.13 Å². The summed E-state index contributed by atoms with van der Waals surface area (Å²) in [4.78, 5) is 29.0. The van der Waals surface area contributed by atoms with Gasteiger partial charge in [0.1, 0.15) is 5.69 Å². The van der Waals surface area contributed by atoms with Crippen molar-refractivity contribution < 1.29 is 14.3 Å². The van der Waals surface area contributed by atoms with E-state index in [0.717, 1.165) is 0 Å². The van der Waals surface area contributed by atoms with Crippen LogP contribution in [-0.2, 0) is 9.53 Å². The fourth-order valence-electron chi connectivity index (χ4n) is 1.76. The molecule has 0 aliphatic carbocycles. The van der Waals surface area contributed by atoms with Gasteiger partial charge in [0.15, 0.2) is 5.13 Å². The summed E-state index contributed by atoms with van der Waals surface area (Å²) >= 11 is 1.25. The first kappa shape index (κ1) is 13.0. The van der Waals surface area contributed by atoms with Gasteiger partial charge in [-0.05, 0) is 6.92 Å². The van der Waals surface area contributed by atoms with Crippen molar-refractivity contribution in [2.24, 2.45) is 0 Å². The summed E-state index contributed by atoms with van der Waals surface area (Å²) in [6.45, 7) is 5.03. The standard InChI is InChI=1S/C11H15N3O3S/c1-7-5-17-4-3-14(7)10(16)9-6-18-11(13-9)12-8(2)15/h6-7H,3-5H2,1-2H3,(H,12,13,15)/t7-/m1/s1. The molecular weight excluding hydrogens is 254 g/mol. The van der Waals surface area contributed by atoms with Gasteiger partial charge in [-0.3, -0.25) is 9.59 Å². The Morgan fingerprint density at radius 1 is 1.61 bits per heavy atom. The van der Waals surface area contributed by atoms with Crippen LogP contribution in [0.25, 0.3) is 0 Å². The molecule has 1 fully saturated rings. The summed E-state index contributed by atoms with van der Waals surface area (Å²) < 4.78 is 5.29. The van der Waals surface area contributed by atoms with Gasteiger partial charge in [-0.2, -0.15) is 0 Å². The molecule has 1 aliphatic rings. The van der Waals surface area contributed by atoms with Gasteiger partial charge in [0, 0.05) is 18.8 Å². The highest BCUT2D eigenvalue weighted by atomic mass is 32.1. The van der Waals surface area contributed by atoms with Gasteiger partial charge in [-0.15, -0.1) is 11.3 Å². The number of ether oxygens (including phenoxy) is 1. The molecule has 18 heavy (non-hydrogen) atoms. The van der Waals surface area contributed by atoms with E-state index in [0.29, 0.717) is 30.6 Å². The number of amides is 2. The van der Waals surface area contributed by atoms with Crippen LogP contribution in [0.1, 0.15) is 24.3 Å². The smallest absolute Gasteiger partial charge is 0.273 e. The highest BCUT2D eigenvalue weighted by Crippen LogP contribution is 2.18. The van der Waals surface area contributed by atoms with Crippen molar-refractivity contribution >= 4 is 28.3 Å². The van der Waals surface area contributed by atoms with Crippen LogP contribution >= 0.6 is 11.3 Å². The number of thiazole rings is 1. The predicted molar refractivity (Wildman–Crippen MR) is 67.7 cm³/mol. The Morgan fingerprint density at radius 2 is 2.39 bits per heavy atom. The van der Waals surface area contributed by atoms with Gasteiger partial charge in [0.25, 0.3) is 5.91 Å². The molecule has 1 aromatic rings. The highest BCUT2D eigenvalue weighted by molar-refractivity contribution is 7.14. The first-order chi connectivity index (χ1) is 8.58. The highest BCUT2D eigenvalue weighted by Gasteiger charge is 2.26. The minimum Gasteiger partial charge on any atom is -0.377 e. The Balaban J connectivity index is 2.08. The quantitative estimate of drug-likeness (QED) is 0.868. The van der Waals surface area contributed by atoms with E-state index in [2.05, 4.69) is 10.3 Å². The van der Waals surface area contributed by atoms with E-state index in [1.807, 2.05) is 6.92 Å². The summed E-state index contributed by atoms with van der Waals surface area (Å²) in [6, 6.07) is 0.0529. The molecule has 0 bridgehead atoms. The molecule has 0 unspecified atom stereocenters. The van der Waals surface area contributed by atoms with Gasteiger partial charge in [-0.1, -0.05) is 0 Å². The molecule has 2 amide bonds. The normalized spacial score (nSPS) is 19.7. The molecule has 7 heteroatoms. The second kappa shape index (κ2) is 5.45. The third kappa shape index (κ3) is 2.85. The van der Waals surface area contributed by atoms with Crippen LogP contribution < -0.4 is 5.32 Å². The van der Waals surface area contributed by atoms with Gasteiger partial charge >= 0.3 is 0 Å². The SMILES string of the molecule is CC(=O)Nc1nc(C(=O)N2CCOC[C@H]2C)cs1. The van der Waals surface area contributed by atoms with Gasteiger partial charge in [-0.25, -0.2) is 4.98 Å². The zero-order chi connectivity index (χ0) is 13.1. The molecule has 6 nitrogen and oxygen atoms in total. The lowest BCUT2D eigenvalue weighted by atomic mass is 10.2. The third-order valence-corrected chi connectivity index (χ3v) is 3.39. The number of nitrogens with zero attached hydrogens (tertiary/aromatic N) is 2. The van der Waals surface area contributed by atoms with Crippen molar-refractivity contribution in [3.63, 3.8) is 0 Å². The average molecular weight is 269 g/mol. The minimum atomic E-state index is -0.192. The van der Waals surface area contributed by atoms with Crippen molar-refractivity contribution in [3.8, 4) is 0 Å². The Kier molecular flexibility index (Phi) is 3.93. The average Bonchev–Trinajstić information content (AvgIpc) is 2.76. The summed E-state index contributed by atoms with van der Waals surface area (Å²) in [5.41, 5.74) is 0.373. The fourth-order valence-corrected chi connectivity index (χ4v) is 2.49. The van der Waals surface area contributed by atoms with E-state index in [9.17, 15) is 9.59 Å². The van der Waals surface area contributed by atoms with E-state index >= 15 is 0 Å². The van der Waals surface area contributed by atoms with Crippen LogP contribution in [0, 0.1) is 0 Å². The number of aromatic nitrogens is 1. The summed E-state index contributed by atoms with van der Waals surface area (Å²) in [7, 11) is 0. The zero-order valence-corrected chi connectivity index (χ0v) is 11.1. The molecule has 2 heterocycles. The molecule has 0 saturated carbocycles. The molecule has 1 aliphatic heterocycles. The topological polar surface area (TPSA) is 71.5 Å². The molecule has 1 saturated heterocycles. The van der Waals surface area contributed by atoms with Crippen LogP contribution in [0.3, 0.4) is 0 Å². The molecule has 2 rings (SSSR count). The third-order valence-electron chi connectivity index (χ3n) is 2.63. The Bertz CT molecular complexity index is 460. The number of carbonyl (C=O) groups excluding carboxylic acids is 2. The van der Waals surface area contributed by atoms with E-state index in [1.165, 1.54) is 18.3 Å². The van der Waals surface area contributed by atoms with E-state index in [4.69, 9.17) is 4.74 Å². The van der Waals surface area contributed by atoms with Gasteiger partial charge in [0.2, 0.25) is 5.91 Å². The summed E-state index contributed by atoms with van der Waals surface area (Å²) in [5, 5.41) is 4.68. The second-order valence-electron chi connectivity index (χ2n) is 4.14. The Labute approximate surface area is 109 Å². The molecule has 1 atom stereocenters. The Morgan fingerprint density at radius 3 is 3.06 bits per heavy atom. The Hall–Kier alpha value is -1.47. The van der Waals surface area contributed by atoms with E-state index in [1.54, 1.807) is 10.3 Å². The molecular formula is C11H15N3O3S. The number of hydrogen-bond acceptors (Lipinski definition) is 5. The zero-order valence-electron chi connectivity index (χ0n) is 10.3. The lowest BCUT2D eigenvalue weighted by Gasteiger charge is -2.32. The van der Waals surface area contributed by atoms with Crippen molar-refractivity contribution in [1.82, 2.24) is 9.88 Å². The molecule has 0 spiro atoms. The predicted octanol–water partition coefficient (Wildman–Crippen LogP) is 0.962. The number of carbonyl (C=O) groups is 2. The van der Waals surface area contributed by atoms with Gasteiger partial charge < -0.3 is 15.0 Å². The van der Waals surface area contributed by atoms with Crippen LogP contribution in [0.2, 0.25) is 0 Å². The summed E-state index contributed by atoms with van der Waals surface area (Å²) in [6.07, 6.45) is 0. The first-order valence-corrected chi connectivity index (χ1v) is 6.57. The van der Waals surface area contributed by atoms with Crippen molar-refractivity contribution in [2.75, 3.05) is 25.1 Å². The fraction of sp³-hybridized carbons (Fsp3) is 0.545. The lowest BCUT2D eigenvalue weighted by molar-refractivity contribution is -0.114. The largest absolute Gasteiger partial charge is 0.377 e. The van der Waals surface area contributed by atoms with Crippen LogP contribution in [0.5, 0.6) is 0 Å². The number of hydrogen-bond donors (Lipinski definition) is 1. The van der Waals surface area contributed by atoms with Crippen LogP contribution in [-0.4, -0.2) is 47.5 Å². The van der Waals surface area contributed by atoms with Crippen LogP contribution in [0.15, 0.2) is 5.38 Å². The van der Waals surface area contributed by atoms with Crippen molar-refractivity contribution in [3.05, 3.63) is 11.1 Å². The first-order valence-electron chi connectivity index (χ1n) is 5.69. The maximum absolute atomic E-state index is 12.2. The van der Waals surface area contributed by atoms with Crippen molar-refractivity contribution in [2.45, 2.75) is 19.9 Å². The molecule has 0 aromatic carbocycles. The number of rotatable bonds is 2. The van der Waals surface area contributed by atoms with E-state index < -0.39 is 0 Å². The second-order valence-corrected chi connectivity index (χ2v) is 5.00. The minimum absolute atomic E-state index is 0.0529. The van der Waals surface area contributed by atoms with Gasteiger partial charge in [0.05, 0.1) is 19.3 Å². The van der Waals surface area contributed by atoms with Crippen molar-refractivity contribution in [1.29, 1.82) is 0 Å². The number of morpholine rings is 1. The monoisotopic (exact) mass is 269 g/mol.